The molecule has 0 amide bonds. The van der Waals surface area contributed by atoms with Gasteiger partial charge < -0.3 is 10.5 Å². The van der Waals surface area contributed by atoms with Crippen molar-refractivity contribution in [2.24, 2.45) is 5.73 Å². The first kappa shape index (κ1) is 15.5. The van der Waals surface area contributed by atoms with Crippen LogP contribution in [0.25, 0.3) is 0 Å². The van der Waals surface area contributed by atoms with E-state index in [4.69, 9.17) is 10.5 Å². The summed E-state index contributed by atoms with van der Waals surface area (Å²) in [5.41, 5.74) is 8.66. The van der Waals surface area contributed by atoms with Crippen LogP contribution in [0.4, 0.5) is 0 Å². The highest BCUT2D eigenvalue weighted by Crippen LogP contribution is 2.30. The summed E-state index contributed by atoms with van der Waals surface area (Å²) >= 11 is 0. The monoisotopic (exact) mass is 276 g/mol. The quantitative estimate of drug-likeness (QED) is 0.831. The predicted molar refractivity (Wildman–Crippen MR) is 83.6 cm³/mol. The van der Waals surface area contributed by atoms with E-state index in [-0.39, 0.29) is 0 Å². The van der Waals surface area contributed by atoms with E-state index in [1.807, 2.05) is 0 Å². The molecule has 1 fully saturated rings. The maximum atomic E-state index is 6.10. The van der Waals surface area contributed by atoms with Crippen molar-refractivity contribution < 1.29 is 4.74 Å². The minimum absolute atomic E-state index is 0.333. The van der Waals surface area contributed by atoms with Crippen molar-refractivity contribution in [2.75, 3.05) is 20.2 Å². The third kappa shape index (κ3) is 3.60. The van der Waals surface area contributed by atoms with Gasteiger partial charge in [0.1, 0.15) is 0 Å². The van der Waals surface area contributed by atoms with Crippen molar-refractivity contribution in [2.45, 2.75) is 51.3 Å². The molecular weight excluding hydrogens is 248 g/mol. The van der Waals surface area contributed by atoms with Gasteiger partial charge in [0.25, 0.3) is 0 Å². The van der Waals surface area contributed by atoms with E-state index in [1.54, 1.807) is 7.11 Å². The number of methoxy groups -OCH3 is 1. The van der Waals surface area contributed by atoms with Gasteiger partial charge in [-0.05, 0) is 30.5 Å². The van der Waals surface area contributed by atoms with Gasteiger partial charge in [0.05, 0.1) is 6.61 Å². The molecule has 112 valence electrons. The summed E-state index contributed by atoms with van der Waals surface area (Å²) in [5.74, 6) is 0. The van der Waals surface area contributed by atoms with Gasteiger partial charge in [-0.25, -0.2) is 0 Å². The van der Waals surface area contributed by atoms with E-state index in [0.717, 1.165) is 6.54 Å². The molecule has 2 N–H and O–H groups in total. The molecule has 0 spiro atoms. The van der Waals surface area contributed by atoms with Crippen LogP contribution in [-0.4, -0.2) is 31.1 Å². The topological polar surface area (TPSA) is 38.5 Å². The largest absolute Gasteiger partial charge is 0.380 e. The standard InChI is InChI=1S/C17H28N2O/c1-3-19(16-9-4-5-10-16)17(12-18)15-8-6-7-14(11-15)13-20-2/h6-8,11,16-17H,3-5,9-10,12-13,18H2,1-2H3. The molecule has 0 aromatic heterocycles. The second kappa shape index (κ2) is 7.77. The summed E-state index contributed by atoms with van der Waals surface area (Å²) in [4.78, 5) is 2.60. The van der Waals surface area contributed by atoms with E-state index in [0.29, 0.717) is 25.2 Å². The average Bonchev–Trinajstić information content (AvgIpc) is 2.99. The Labute approximate surface area is 123 Å². The number of rotatable bonds is 7. The fraction of sp³-hybridized carbons (Fsp3) is 0.647. The molecule has 0 saturated heterocycles. The number of nitrogens with zero attached hydrogens (tertiary/aromatic N) is 1. The Morgan fingerprint density at radius 1 is 1.35 bits per heavy atom. The van der Waals surface area contributed by atoms with Crippen LogP contribution in [0.5, 0.6) is 0 Å². The van der Waals surface area contributed by atoms with Crippen LogP contribution < -0.4 is 5.73 Å². The van der Waals surface area contributed by atoms with Gasteiger partial charge in [0, 0.05) is 25.7 Å². The van der Waals surface area contributed by atoms with Gasteiger partial charge >= 0.3 is 0 Å². The molecule has 0 heterocycles. The maximum absolute atomic E-state index is 6.10. The lowest BCUT2D eigenvalue weighted by molar-refractivity contribution is 0.146. The Morgan fingerprint density at radius 3 is 2.70 bits per heavy atom. The molecule has 0 aliphatic heterocycles. The molecule has 1 aliphatic carbocycles. The number of hydrogen-bond acceptors (Lipinski definition) is 3. The normalized spacial score (nSPS) is 17.8. The average molecular weight is 276 g/mol. The molecule has 1 aromatic carbocycles. The SMILES string of the molecule is CCN(C1CCCC1)C(CN)c1cccc(COC)c1. The summed E-state index contributed by atoms with van der Waals surface area (Å²) in [6, 6.07) is 9.73. The van der Waals surface area contributed by atoms with E-state index < -0.39 is 0 Å². The minimum Gasteiger partial charge on any atom is -0.380 e. The summed E-state index contributed by atoms with van der Waals surface area (Å²) < 4.78 is 5.24. The number of benzene rings is 1. The van der Waals surface area contributed by atoms with Crippen LogP contribution in [0.3, 0.4) is 0 Å². The zero-order valence-corrected chi connectivity index (χ0v) is 12.8. The van der Waals surface area contributed by atoms with Gasteiger partial charge in [-0.1, -0.05) is 44.0 Å². The van der Waals surface area contributed by atoms with Crippen molar-refractivity contribution in [3.63, 3.8) is 0 Å². The van der Waals surface area contributed by atoms with E-state index in [2.05, 4.69) is 36.1 Å². The second-order valence-electron chi connectivity index (χ2n) is 5.70. The molecule has 1 aliphatic rings. The third-order valence-corrected chi connectivity index (χ3v) is 4.43. The van der Waals surface area contributed by atoms with Crippen LogP contribution in [0.1, 0.15) is 49.8 Å². The molecule has 1 unspecified atom stereocenters. The lowest BCUT2D eigenvalue weighted by Crippen LogP contribution is -2.40. The molecule has 3 heteroatoms. The summed E-state index contributed by atoms with van der Waals surface area (Å²) in [6.45, 7) is 4.67. The van der Waals surface area contributed by atoms with E-state index >= 15 is 0 Å². The van der Waals surface area contributed by atoms with E-state index in [1.165, 1.54) is 36.8 Å². The van der Waals surface area contributed by atoms with Gasteiger partial charge in [-0.3, -0.25) is 4.90 Å². The van der Waals surface area contributed by atoms with Crippen LogP contribution in [-0.2, 0) is 11.3 Å². The van der Waals surface area contributed by atoms with Crippen molar-refractivity contribution in [1.82, 2.24) is 4.90 Å². The Hall–Kier alpha value is -0.900. The van der Waals surface area contributed by atoms with E-state index in [9.17, 15) is 0 Å². The zero-order chi connectivity index (χ0) is 14.4. The van der Waals surface area contributed by atoms with Gasteiger partial charge in [-0.2, -0.15) is 0 Å². The highest BCUT2D eigenvalue weighted by Gasteiger charge is 2.27. The fourth-order valence-electron chi connectivity index (χ4n) is 3.49. The molecule has 0 bridgehead atoms. The van der Waals surface area contributed by atoms with Crippen LogP contribution in [0, 0.1) is 0 Å². The van der Waals surface area contributed by atoms with Crippen LogP contribution in [0.2, 0.25) is 0 Å². The molecule has 1 aromatic rings. The van der Waals surface area contributed by atoms with Crippen LogP contribution in [0.15, 0.2) is 24.3 Å². The first-order valence-corrected chi connectivity index (χ1v) is 7.83. The molecule has 20 heavy (non-hydrogen) atoms. The molecule has 0 radical (unpaired) electrons. The Kier molecular flexibility index (Phi) is 6.02. The predicted octanol–water partition coefficient (Wildman–Crippen LogP) is 3.10. The fourth-order valence-corrected chi connectivity index (χ4v) is 3.49. The summed E-state index contributed by atoms with van der Waals surface area (Å²) in [7, 11) is 1.74. The van der Waals surface area contributed by atoms with Crippen molar-refractivity contribution in [1.29, 1.82) is 0 Å². The molecule has 3 nitrogen and oxygen atoms in total. The summed E-state index contributed by atoms with van der Waals surface area (Å²) in [6.07, 6.45) is 5.37. The first-order valence-electron chi connectivity index (χ1n) is 7.83. The lowest BCUT2D eigenvalue weighted by atomic mass is 10.0. The van der Waals surface area contributed by atoms with Gasteiger partial charge in [0.2, 0.25) is 0 Å². The minimum atomic E-state index is 0.333. The Bertz CT molecular complexity index is 402. The number of hydrogen-bond donors (Lipinski definition) is 1. The van der Waals surface area contributed by atoms with Gasteiger partial charge in [0.15, 0.2) is 0 Å². The highest BCUT2D eigenvalue weighted by atomic mass is 16.5. The molecule has 1 saturated carbocycles. The molecule has 1 atom stereocenters. The molecule has 2 rings (SSSR count). The number of nitrogens with two attached hydrogens (primary N) is 1. The summed E-state index contributed by atoms with van der Waals surface area (Å²) in [5, 5.41) is 0. The number of ether oxygens (including phenoxy) is 1. The third-order valence-electron chi connectivity index (χ3n) is 4.43. The lowest BCUT2D eigenvalue weighted by Gasteiger charge is -2.35. The number of likely N-dealkylation sites (N-methyl/N-ethyl adjacent to an activating group) is 1. The van der Waals surface area contributed by atoms with Crippen molar-refractivity contribution in [3.8, 4) is 0 Å². The molecular formula is C17H28N2O. The van der Waals surface area contributed by atoms with Crippen molar-refractivity contribution in [3.05, 3.63) is 35.4 Å². The smallest absolute Gasteiger partial charge is 0.0713 e. The Morgan fingerprint density at radius 2 is 2.10 bits per heavy atom. The highest BCUT2D eigenvalue weighted by molar-refractivity contribution is 5.26. The van der Waals surface area contributed by atoms with Gasteiger partial charge in [-0.15, -0.1) is 0 Å². The van der Waals surface area contributed by atoms with Crippen molar-refractivity contribution >= 4 is 0 Å². The second-order valence-corrected chi connectivity index (χ2v) is 5.70. The zero-order valence-electron chi connectivity index (χ0n) is 12.8. The first-order chi connectivity index (χ1) is 9.80. The maximum Gasteiger partial charge on any atom is 0.0713 e. The Balaban J connectivity index is 2.18. The van der Waals surface area contributed by atoms with Crippen LogP contribution >= 0.6 is 0 Å².